The lowest BCUT2D eigenvalue weighted by Crippen LogP contribution is -2.40. The Kier molecular flexibility index (Phi) is 4.67. The van der Waals surface area contributed by atoms with Gasteiger partial charge in [-0.3, -0.25) is 9.59 Å². The highest BCUT2D eigenvalue weighted by Crippen LogP contribution is 2.32. The lowest BCUT2D eigenvalue weighted by atomic mass is 9.89. The van der Waals surface area contributed by atoms with Gasteiger partial charge in [0.1, 0.15) is 5.75 Å². The lowest BCUT2D eigenvalue weighted by molar-refractivity contribution is -0.272. The molecule has 0 spiro atoms. The molecule has 0 bridgehead atoms. The summed E-state index contributed by atoms with van der Waals surface area (Å²) in [7, 11) is 3.13. The Morgan fingerprint density at radius 2 is 2.08 bits per heavy atom. The van der Waals surface area contributed by atoms with Crippen LogP contribution >= 0.6 is 0 Å². The summed E-state index contributed by atoms with van der Waals surface area (Å²) in [5, 5.41) is 2.78. The number of hydrogen-bond acceptors (Lipinski definition) is 6. The van der Waals surface area contributed by atoms with Gasteiger partial charge in [0, 0.05) is 18.7 Å². The molecule has 0 radical (unpaired) electrons. The molecule has 3 rings (SSSR count). The van der Waals surface area contributed by atoms with Gasteiger partial charge in [-0.25, -0.2) is 0 Å². The average molecular weight is 345 g/mol. The molecule has 1 aromatic rings. The van der Waals surface area contributed by atoms with Gasteiger partial charge >= 0.3 is 0 Å². The summed E-state index contributed by atoms with van der Waals surface area (Å²) >= 11 is 0. The van der Waals surface area contributed by atoms with E-state index in [-0.39, 0.29) is 17.7 Å². The highest BCUT2D eigenvalue weighted by atomic mass is 16.7. The number of likely N-dealkylation sites (N-methyl/N-ethyl adjacent to an activating group) is 1. The van der Waals surface area contributed by atoms with Gasteiger partial charge in [0.05, 0.1) is 31.1 Å². The van der Waals surface area contributed by atoms with Crippen LogP contribution < -0.4 is 10.1 Å². The first-order valence-electron chi connectivity index (χ1n) is 8.36. The monoisotopic (exact) mass is 345 g/mol. The number of ketones is 2. The predicted molar refractivity (Wildman–Crippen MR) is 92.0 cm³/mol. The number of Topliss-reactive ketones (excluding diaryl/α,β-unsaturated/α-hetero) is 1. The molecule has 1 heterocycles. The standard InChI is InChI=1S/C19H23NO5/c1-19(2)24-6-5-12(25-19)7-11-8-13-17(16(9-11)23-4)15(21)10-14(20-3)18(13)22/h8-10,12,20H,5-7H2,1-4H3/t12-/m0/s1. The van der Waals surface area contributed by atoms with E-state index in [0.29, 0.717) is 35.6 Å². The smallest absolute Gasteiger partial charge is 0.209 e. The first-order chi connectivity index (χ1) is 11.8. The number of ether oxygens (including phenoxy) is 3. The van der Waals surface area contributed by atoms with E-state index in [1.807, 2.05) is 19.9 Å². The summed E-state index contributed by atoms with van der Waals surface area (Å²) in [6.07, 6.45) is 2.70. The van der Waals surface area contributed by atoms with Crippen molar-refractivity contribution < 1.29 is 23.8 Å². The van der Waals surface area contributed by atoms with Crippen LogP contribution in [0.1, 0.15) is 46.5 Å². The largest absolute Gasteiger partial charge is 0.496 e. The van der Waals surface area contributed by atoms with Crippen molar-refractivity contribution in [2.24, 2.45) is 0 Å². The van der Waals surface area contributed by atoms with Gasteiger partial charge in [-0.05, 0) is 44.4 Å². The fourth-order valence-corrected chi connectivity index (χ4v) is 3.32. The van der Waals surface area contributed by atoms with Crippen molar-refractivity contribution in [1.29, 1.82) is 0 Å². The second kappa shape index (κ2) is 6.61. The van der Waals surface area contributed by atoms with Crippen molar-refractivity contribution in [3.63, 3.8) is 0 Å². The van der Waals surface area contributed by atoms with Crippen LogP contribution in [0.3, 0.4) is 0 Å². The molecule has 1 atom stereocenters. The molecule has 6 nitrogen and oxygen atoms in total. The van der Waals surface area contributed by atoms with E-state index in [4.69, 9.17) is 14.2 Å². The predicted octanol–water partition coefficient (Wildman–Crippen LogP) is 2.26. The number of methoxy groups -OCH3 is 1. The maximum Gasteiger partial charge on any atom is 0.209 e. The molecule has 0 unspecified atom stereocenters. The Bertz CT molecular complexity index is 750. The molecule has 1 aliphatic carbocycles. The first-order valence-corrected chi connectivity index (χ1v) is 8.36. The zero-order valence-electron chi connectivity index (χ0n) is 15.0. The van der Waals surface area contributed by atoms with E-state index in [2.05, 4.69) is 5.32 Å². The van der Waals surface area contributed by atoms with Gasteiger partial charge in [-0.1, -0.05) is 0 Å². The third-order valence-electron chi connectivity index (χ3n) is 4.47. The van der Waals surface area contributed by atoms with Gasteiger partial charge in [0.15, 0.2) is 11.6 Å². The Labute approximate surface area is 147 Å². The van der Waals surface area contributed by atoms with Crippen LogP contribution in [0, 0.1) is 0 Å². The Morgan fingerprint density at radius 3 is 2.72 bits per heavy atom. The molecule has 1 saturated heterocycles. The van der Waals surface area contributed by atoms with E-state index in [0.717, 1.165) is 12.0 Å². The molecule has 25 heavy (non-hydrogen) atoms. The number of allylic oxidation sites excluding steroid dienone is 2. The number of nitrogens with one attached hydrogen (secondary N) is 1. The highest BCUT2D eigenvalue weighted by molar-refractivity contribution is 6.25. The topological polar surface area (TPSA) is 73.9 Å². The summed E-state index contributed by atoms with van der Waals surface area (Å²) in [4.78, 5) is 25.0. The second-order valence-corrected chi connectivity index (χ2v) is 6.70. The molecule has 6 heteroatoms. The van der Waals surface area contributed by atoms with Crippen LogP contribution in [-0.2, 0) is 15.9 Å². The molecule has 0 amide bonds. The van der Waals surface area contributed by atoms with Crippen LogP contribution in [0.2, 0.25) is 0 Å². The van der Waals surface area contributed by atoms with E-state index in [1.165, 1.54) is 13.2 Å². The number of carbonyl (C=O) groups is 2. The molecule has 1 aromatic carbocycles. The quantitative estimate of drug-likeness (QED) is 0.902. The minimum Gasteiger partial charge on any atom is -0.496 e. The minimum absolute atomic E-state index is 0.0137. The molecule has 1 aliphatic heterocycles. The summed E-state index contributed by atoms with van der Waals surface area (Å²) in [5.74, 6) is -0.630. The zero-order valence-corrected chi connectivity index (χ0v) is 15.0. The second-order valence-electron chi connectivity index (χ2n) is 6.70. The van der Waals surface area contributed by atoms with Crippen molar-refractivity contribution in [3.05, 3.63) is 40.6 Å². The zero-order chi connectivity index (χ0) is 18.2. The number of carbonyl (C=O) groups excluding carboxylic acids is 2. The molecular weight excluding hydrogens is 322 g/mol. The van der Waals surface area contributed by atoms with Crippen LogP contribution in [0.15, 0.2) is 23.9 Å². The molecule has 2 aliphatic rings. The molecular formula is C19H23NO5. The number of fused-ring (bicyclic) bond motifs is 1. The summed E-state index contributed by atoms with van der Waals surface area (Å²) < 4.78 is 16.9. The Morgan fingerprint density at radius 1 is 1.32 bits per heavy atom. The van der Waals surface area contributed by atoms with Gasteiger partial charge in [-0.15, -0.1) is 0 Å². The van der Waals surface area contributed by atoms with Gasteiger partial charge in [0.2, 0.25) is 5.78 Å². The third kappa shape index (κ3) is 3.45. The molecule has 134 valence electrons. The SMILES string of the molecule is CNC1=CC(=O)c2c(OC)cc(C[C@@H]3CCOC(C)(C)O3)cc2C1=O. The molecule has 1 fully saturated rings. The summed E-state index contributed by atoms with van der Waals surface area (Å²) in [6.45, 7) is 4.40. The van der Waals surface area contributed by atoms with Crippen LogP contribution in [0.5, 0.6) is 5.75 Å². The minimum atomic E-state index is -0.616. The Hall–Kier alpha value is -2.18. The molecule has 0 saturated carbocycles. The average Bonchev–Trinajstić information content (AvgIpc) is 2.56. The van der Waals surface area contributed by atoms with Gasteiger partial charge in [-0.2, -0.15) is 0 Å². The third-order valence-corrected chi connectivity index (χ3v) is 4.47. The van der Waals surface area contributed by atoms with Crippen LogP contribution in [0.4, 0.5) is 0 Å². The maximum atomic E-state index is 12.6. The number of rotatable bonds is 4. The van der Waals surface area contributed by atoms with E-state index in [1.54, 1.807) is 13.1 Å². The first kappa shape index (κ1) is 17.6. The van der Waals surface area contributed by atoms with Crippen molar-refractivity contribution in [2.45, 2.75) is 38.6 Å². The summed E-state index contributed by atoms with van der Waals surface area (Å²) in [5.41, 5.74) is 1.89. The molecule has 0 aromatic heterocycles. The van der Waals surface area contributed by atoms with Crippen LogP contribution in [-0.4, -0.2) is 44.2 Å². The van der Waals surface area contributed by atoms with Gasteiger partial charge < -0.3 is 19.5 Å². The van der Waals surface area contributed by atoms with Crippen molar-refractivity contribution >= 4 is 11.6 Å². The Balaban J connectivity index is 1.95. The van der Waals surface area contributed by atoms with E-state index < -0.39 is 5.79 Å². The van der Waals surface area contributed by atoms with Crippen molar-refractivity contribution in [1.82, 2.24) is 5.32 Å². The molecule has 1 N–H and O–H groups in total. The lowest BCUT2D eigenvalue weighted by Gasteiger charge is -2.36. The van der Waals surface area contributed by atoms with E-state index >= 15 is 0 Å². The van der Waals surface area contributed by atoms with Crippen molar-refractivity contribution in [3.8, 4) is 5.75 Å². The fraction of sp³-hybridized carbons (Fsp3) is 0.474. The van der Waals surface area contributed by atoms with Crippen LogP contribution in [0.25, 0.3) is 0 Å². The normalized spacial score (nSPS) is 22.2. The summed E-state index contributed by atoms with van der Waals surface area (Å²) in [6, 6.07) is 3.59. The van der Waals surface area contributed by atoms with Gasteiger partial charge in [0.25, 0.3) is 0 Å². The maximum absolute atomic E-state index is 12.6. The van der Waals surface area contributed by atoms with E-state index in [9.17, 15) is 9.59 Å². The number of hydrogen-bond donors (Lipinski definition) is 1. The fourth-order valence-electron chi connectivity index (χ4n) is 3.32. The highest BCUT2D eigenvalue weighted by Gasteiger charge is 2.32. The van der Waals surface area contributed by atoms with Crippen molar-refractivity contribution in [2.75, 3.05) is 20.8 Å². The number of benzene rings is 1.